The molecule has 0 radical (unpaired) electrons. The van der Waals surface area contributed by atoms with Crippen LogP contribution in [0.3, 0.4) is 0 Å². The van der Waals surface area contributed by atoms with Crippen LogP contribution in [0.1, 0.15) is 24.5 Å². The Balaban J connectivity index is 1.65. The number of aliphatic hydroxyl groups excluding tert-OH is 1. The van der Waals surface area contributed by atoms with Crippen LogP contribution in [-0.2, 0) is 19.8 Å². The molecule has 3 N–H and O–H groups in total. The average Bonchev–Trinajstić information content (AvgIpc) is 3.50. The maximum atomic E-state index is 14.1. The molecule has 10 heteroatoms. The highest BCUT2D eigenvalue weighted by Crippen LogP contribution is 2.63. The van der Waals surface area contributed by atoms with Crippen molar-refractivity contribution in [3.8, 4) is 0 Å². The van der Waals surface area contributed by atoms with Gasteiger partial charge in [-0.05, 0) is 30.2 Å². The summed E-state index contributed by atoms with van der Waals surface area (Å²) in [7, 11) is 1.53. The van der Waals surface area contributed by atoms with E-state index in [1.807, 2.05) is 54.7 Å². The van der Waals surface area contributed by atoms with E-state index in [1.165, 1.54) is 23.8 Å². The Bertz CT molecular complexity index is 1430. The van der Waals surface area contributed by atoms with Gasteiger partial charge in [0.25, 0.3) is 11.8 Å². The topological polar surface area (TPSA) is 106 Å². The molecule has 0 spiro atoms. The number of thiol groups is 1. The smallest absolute Gasteiger partial charge is 0.263 e. The zero-order valence-corrected chi connectivity index (χ0v) is 21.5. The van der Waals surface area contributed by atoms with Crippen molar-refractivity contribution < 1.29 is 19.5 Å². The minimum absolute atomic E-state index is 0.0250. The first-order valence-corrected chi connectivity index (χ1v) is 13.3. The lowest BCUT2D eigenvalue weighted by Gasteiger charge is -2.48. The van der Waals surface area contributed by atoms with Crippen molar-refractivity contribution in [2.45, 2.75) is 41.3 Å². The number of carbonyl (C=O) groups excluding carboxylic acids is 3. The number of nitrogens with one attached hydrogen (secondary N) is 2. The van der Waals surface area contributed by atoms with Crippen LogP contribution in [0.25, 0.3) is 10.9 Å². The Labute approximate surface area is 217 Å². The largest absolute Gasteiger partial charge is 0.388 e. The van der Waals surface area contributed by atoms with Gasteiger partial charge in [0.15, 0.2) is 10.2 Å². The van der Waals surface area contributed by atoms with Crippen molar-refractivity contribution in [2.24, 2.45) is 0 Å². The number of aromatic nitrogens is 1. The molecule has 0 aliphatic carbocycles. The fourth-order valence-electron chi connectivity index (χ4n) is 6.15. The predicted molar refractivity (Wildman–Crippen MR) is 142 cm³/mol. The van der Waals surface area contributed by atoms with Gasteiger partial charge in [0, 0.05) is 42.0 Å². The molecule has 186 valence electrons. The lowest BCUT2D eigenvalue weighted by molar-refractivity contribution is -0.160. The van der Waals surface area contributed by atoms with Gasteiger partial charge in [0.05, 0.1) is 5.41 Å². The number of benzene rings is 2. The lowest BCUT2D eigenvalue weighted by Crippen LogP contribution is -2.70. The van der Waals surface area contributed by atoms with Gasteiger partial charge in [-0.15, -0.1) is 24.4 Å². The molecule has 3 aliphatic rings. The van der Waals surface area contributed by atoms with Crippen LogP contribution in [0.5, 0.6) is 0 Å². The summed E-state index contributed by atoms with van der Waals surface area (Å²) in [5.74, 6) is -0.522. The summed E-state index contributed by atoms with van der Waals surface area (Å²) in [6.07, 6.45) is 0.0290. The van der Waals surface area contributed by atoms with Crippen molar-refractivity contribution in [3.05, 3.63) is 65.9 Å². The molecular formula is C26H26N4O4S2. The second-order valence-electron chi connectivity index (χ2n) is 9.61. The molecule has 3 aromatic rings. The second-order valence-corrected chi connectivity index (χ2v) is 11.4. The number of carbonyl (C=O) groups is 3. The zero-order chi connectivity index (χ0) is 25.4. The summed E-state index contributed by atoms with van der Waals surface area (Å²) in [6, 6.07) is 15.5. The van der Waals surface area contributed by atoms with Gasteiger partial charge in [-0.2, -0.15) is 0 Å². The number of nitrogens with zero attached hydrogens (tertiary/aromatic N) is 2. The molecule has 5 atom stereocenters. The number of H-pyrrole nitrogens is 1. The highest BCUT2D eigenvalue weighted by molar-refractivity contribution is 8.01. The number of ketones is 1. The van der Waals surface area contributed by atoms with Crippen LogP contribution < -0.4 is 5.32 Å². The minimum atomic E-state index is -1.63. The van der Waals surface area contributed by atoms with Gasteiger partial charge < -0.3 is 20.3 Å². The van der Waals surface area contributed by atoms with E-state index in [9.17, 15) is 19.5 Å². The number of hydrogen-bond donors (Lipinski definition) is 4. The molecular weight excluding hydrogens is 496 g/mol. The van der Waals surface area contributed by atoms with Gasteiger partial charge in [0.1, 0.15) is 18.1 Å². The Morgan fingerprint density at radius 2 is 1.86 bits per heavy atom. The molecule has 6 rings (SSSR count). The highest BCUT2D eigenvalue weighted by Gasteiger charge is 2.77. The van der Waals surface area contributed by atoms with Crippen molar-refractivity contribution in [3.63, 3.8) is 0 Å². The number of aliphatic hydroxyl groups is 1. The Kier molecular flexibility index (Phi) is 5.23. The summed E-state index contributed by atoms with van der Waals surface area (Å²) in [6.45, 7) is 1.49. The monoisotopic (exact) mass is 522 g/mol. The van der Waals surface area contributed by atoms with E-state index < -0.39 is 33.8 Å². The van der Waals surface area contributed by atoms with E-state index >= 15 is 0 Å². The number of piperazine rings is 1. The van der Waals surface area contributed by atoms with E-state index in [0.717, 1.165) is 39.5 Å². The Morgan fingerprint density at radius 3 is 2.64 bits per heavy atom. The van der Waals surface area contributed by atoms with E-state index in [4.69, 9.17) is 0 Å². The van der Waals surface area contributed by atoms with E-state index in [1.54, 1.807) is 0 Å². The first kappa shape index (κ1) is 23.4. The van der Waals surface area contributed by atoms with Crippen LogP contribution in [0.15, 0.2) is 54.7 Å². The van der Waals surface area contributed by atoms with Gasteiger partial charge in [-0.3, -0.25) is 19.3 Å². The second kappa shape index (κ2) is 8.03. The van der Waals surface area contributed by atoms with Crippen molar-refractivity contribution in [1.82, 2.24) is 14.8 Å². The molecule has 3 aliphatic heterocycles. The Hall–Kier alpha value is -2.95. The van der Waals surface area contributed by atoms with Crippen LogP contribution in [0, 0.1) is 0 Å². The molecule has 2 amide bonds. The fourth-order valence-corrected chi connectivity index (χ4v) is 8.03. The fraction of sp³-hybridized carbons (Fsp3) is 0.346. The molecule has 2 saturated heterocycles. The molecule has 4 heterocycles. The standard InChI is InChI=1S/C26H26N4O4S2/c1-14(31)11-12-36-26-22(33)25(17-13-27-18-9-5-3-7-15(17)18)16-8-4-6-10-19(16)28-23(25)30(26)20(32)21(35)29(2)24(26)34/h3-10,13,21-23,27-28,33,35H,11-12H2,1-2H3/t21-,22-,23+,25+,26-/m0/s1. The molecule has 1 aromatic heterocycles. The average molecular weight is 523 g/mol. The third kappa shape index (κ3) is 2.75. The summed E-state index contributed by atoms with van der Waals surface area (Å²) >= 11 is 5.63. The van der Waals surface area contributed by atoms with Crippen molar-refractivity contribution >= 4 is 58.6 Å². The SMILES string of the molecule is CC(=O)CCS[C@@]12C(=O)N(C)[C@@H](S)C(=O)N1[C@H]1Nc3ccccc3[C@@]1(c1c[nH]c3ccccc13)[C@@H]2O. The number of likely N-dealkylation sites (N-methyl/N-ethyl adjacent to an activating group) is 1. The number of fused-ring (bicyclic) bond motifs is 6. The first-order chi connectivity index (χ1) is 17.3. The van der Waals surface area contributed by atoms with Crippen LogP contribution in [-0.4, -0.2) is 72.8 Å². The number of hydrogen-bond acceptors (Lipinski definition) is 7. The Morgan fingerprint density at radius 1 is 1.14 bits per heavy atom. The third-order valence-electron chi connectivity index (χ3n) is 7.78. The number of para-hydroxylation sites is 2. The number of rotatable bonds is 5. The number of thioether (sulfide) groups is 1. The molecule has 0 unspecified atom stereocenters. The van der Waals surface area contributed by atoms with Crippen molar-refractivity contribution in [2.75, 3.05) is 18.1 Å². The molecule has 2 fully saturated rings. The summed E-state index contributed by atoms with van der Waals surface area (Å²) in [5, 5.41) is 15.9. The first-order valence-electron chi connectivity index (χ1n) is 11.8. The summed E-state index contributed by atoms with van der Waals surface area (Å²) in [4.78, 5) is 44.2. The normalized spacial score (nSPS) is 30.8. The van der Waals surface area contributed by atoms with Gasteiger partial charge in [-0.1, -0.05) is 36.4 Å². The van der Waals surface area contributed by atoms with E-state index in [-0.39, 0.29) is 23.9 Å². The molecule has 8 nitrogen and oxygen atoms in total. The summed E-state index contributed by atoms with van der Waals surface area (Å²) < 4.78 is 0. The number of anilines is 1. The predicted octanol–water partition coefficient (Wildman–Crippen LogP) is 2.55. The molecule has 2 aromatic carbocycles. The van der Waals surface area contributed by atoms with Crippen LogP contribution in [0.2, 0.25) is 0 Å². The third-order valence-corrected chi connectivity index (χ3v) is 9.79. The van der Waals surface area contributed by atoms with Gasteiger partial charge in [0.2, 0.25) is 0 Å². The van der Waals surface area contributed by atoms with Crippen LogP contribution in [0.4, 0.5) is 5.69 Å². The molecule has 36 heavy (non-hydrogen) atoms. The van der Waals surface area contributed by atoms with Gasteiger partial charge in [-0.25, -0.2) is 0 Å². The lowest BCUT2D eigenvalue weighted by atomic mass is 9.70. The van der Waals surface area contributed by atoms with Gasteiger partial charge >= 0.3 is 0 Å². The molecule has 0 saturated carbocycles. The highest BCUT2D eigenvalue weighted by atomic mass is 32.2. The number of amides is 2. The van der Waals surface area contributed by atoms with Crippen LogP contribution >= 0.6 is 24.4 Å². The quantitative estimate of drug-likeness (QED) is 0.384. The number of aromatic amines is 1. The maximum absolute atomic E-state index is 14.1. The molecule has 0 bridgehead atoms. The zero-order valence-electron chi connectivity index (χ0n) is 19.8. The number of Topliss-reactive ketones (excluding diaryl/α,β-unsaturated/α-hetero) is 1. The van der Waals surface area contributed by atoms with Crippen molar-refractivity contribution in [1.29, 1.82) is 0 Å². The summed E-state index contributed by atoms with van der Waals surface area (Å²) in [5.41, 5.74) is 2.15. The maximum Gasteiger partial charge on any atom is 0.263 e. The van der Waals surface area contributed by atoms with E-state index in [0.29, 0.717) is 0 Å². The van der Waals surface area contributed by atoms with E-state index in [2.05, 4.69) is 22.9 Å². The minimum Gasteiger partial charge on any atom is -0.388 e.